The van der Waals surface area contributed by atoms with E-state index in [2.05, 4.69) is 52.4 Å². The van der Waals surface area contributed by atoms with Gasteiger partial charge in [0.1, 0.15) is 5.75 Å². The first-order valence-electron chi connectivity index (χ1n) is 5.82. The first-order chi connectivity index (χ1) is 8.70. The minimum absolute atomic E-state index is 0.791. The Hall–Kier alpha value is -1.48. The quantitative estimate of drug-likeness (QED) is 0.905. The third-order valence-electron chi connectivity index (χ3n) is 2.89. The van der Waals surface area contributed by atoms with Gasteiger partial charge < -0.3 is 10.1 Å². The van der Waals surface area contributed by atoms with Crippen LogP contribution >= 0.6 is 15.9 Å². The zero-order valence-corrected chi connectivity index (χ0v) is 12.1. The number of rotatable bonds is 4. The summed E-state index contributed by atoms with van der Waals surface area (Å²) >= 11 is 3.47. The van der Waals surface area contributed by atoms with Gasteiger partial charge in [-0.2, -0.15) is 0 Å². The van der Waals surface area contributed by atoms with Crippen LogP contribution in [-0.4, -0.2) is 7.11 Å². The Morgan fingerprint density at radius 2 is 1.94 bits per heavy atom. The van der Waals surface area contributed by atoms with Crippen molar-refractivity contribution in [2.24, 2.45) is 0 Å². The number of methoxy groups -OCH3 is 1. The summed E-state index contributed by atoms with van der Waals surface area (Å²) in [6, 6.07) is 14.3. The lowest BCUT2D eigenvalue weighted by molar-refractivity contribution is 0.416. The SMILES string of the molecule is COc1ccc(Br)cc1NCc1ccccc1C. The fraction of sp³-hybridized carbons (Fsp3) is 0.200. The maximum atomic E-state index is 5.34. The van der Waals surface area contributed by atoms with Gasteiger partial charge in [0.25, 0.3) is 0 Å². The molecule has 2 aromatic carbocycles. The average Bonchev–Trinajstić information content (AvgIpc) is 2.38. The standard InChI is InChI=1S/C15H16BrNO/c1-11-5-3-4-6-12(11)10-17-14-9-13(16)7-8-15(14)18-2/h3-9,17H,10H2,1-2H3. The second-order valence-corrected chi connectivity index (χ2v) is 5.04. The van der Waals surface area contributed by atoms with Gasteiger partial charge >= 0.3 is 0 Å². The van der Waals surface area contributed by atoms with Gasteiger partial charge in [-0.15, -0.1) is 0 Å². The molecule has 0 aliphatic heterocycles. The highest BCUT2D eigenvalue weighted by Crippen LogP contribution is 2.28. The number of anilines is 1. The van der Waals surface area contributed by atoms with Crippen molar-refractivity contribution in [3.63, 3.8) is 0 Å². The Bertz CT molecular complexity index is 540. The number of hydrogen-bond donors (Lipinski definition) is 1. The largest absolute Gasteiger partial charge is 0.495 e. The highest BCUT2D eigenvalue weighted by molar-refractivity contribution is 9.10. The number of nitrogens with one attached hydrogen (secondary N) is 1. The highest BCUT2D eigenvalue weighted by atomic mass is 79.9. The second-order valence-electron chi connectivity index (χ2n) is 4.12. The summed E-state index contributed by atoms with van der Waals surface area (Å²) < 4.78 is 6.37. The van der Waals surface area contributed by atoms with Crippen LogP contribution in [0.3, 0.4) is 0 Å². The Kier molecular flexibility index (Phi) is 4.26. The molecule has 94 valence electrons. The van der Waals surface area contributed by atoms with E-state index in [4.69, 9.17) is 4.74 Å². The molecule has 2 nitrogen and oxygen atoms in total. The molecule has 0 fully saturated rings. The van der Waals surface area contributed by atoms with Crippen molar-refractivity contribution in [3.8, 4) is 5.75 Å². The summed E-state index contributed by atoms with van der Waals surface area (Å²) in [6.45, 7) is 2.91. The van der Waals surface area contributed by atoms with Gasteiger partial charge in [0.05, 0.1) is 12.8 Å². The first kappa shape index (κ1) is 13.0. The van der Waals surface area contributed by atoms with Crippen LogP contribution in [0.15, 0.2) is 46.9 Å². The Labute approximate surface area is 116 Å². The minimum atomic E-state index is 0.791. The molecule has 2 rings (SSSR count). The molecule has 0 atom stereocenters. The molecule has 3 heteroatoms. The lowest BCUT2D eigenvalue weighted by Gasteiger charge is -2.12. The van der Waals surface area contributed by atoms with Crippen molar-refractivity contribution in [3.05, 3.63) is 58.1 Å². The van der Waals surface area contributed by atoms with Crippen molar-refractivity contribution < 1.29 is 4.74 Å². The molecular formula is C15H16BrNO. The fourth-order valence-corrected chi connectivity index (χ4v) is 2.18. The van der Waals surface area contributed by atoms with E-state index in [0.29, 0.717) is 0 Å². The summed E-state index contributed by atoms with van der Waals surface area (Å²) in [5, 5.41) is 3.41. The van der Waals surface area contributed by atoms with E-state index < -0.39 is 0 Å². The third-order valence-corrected chi connectivity index (χ3v) is 3.39. The first-order valence-corrected chi connectivity index (χ1v) is 6.62. The number of hydrogen-bond acceptors (Lipinski definition) is 2. The lowest BCUT2D eigenvalue weighted by atomic mass is 10.1. The molecule has 0 spiro atoms. The summed E-state index contributed by atoms with van der Waals surface area (Å²) in [7, 11) is 1.68. The van der Waals surface area contributed by atoms with E-state index >= 15 is 0 Å². The number of halogens is 1. The molecule has 2 aromatic rings. The molecule has 0 amide bonds. The molecule has 1 N–H and O–H groups in total. The summed E-state index contributed by atoms with van der Waals surface area (Å²) in [6.07, 6.45) is 0. The van der Waals surface area contributed by atoms with Gasteiger partial charge in [-0.3, -0.25) is 0 Å². The fourth-order valence-electron chi connectivity index (χ4n) is 1.82. The smallest absolute Gasteiger partial charge is 0.142 e. The maximum absolute atomic E-state index is 5.34. The van der Waals surface area contributed by atoms with Gasteiger partial charge in [0.2, 0.25) is 0 Å². The van der Waals surface area contributed by atoms with Gasteiger partial charge in [0.15, 0.2) is 0 Å². The van der Waals surface area contributed by atoms with Crippen LogP contribution in [0.4, 0.5) is 5.69 Å². The van der Waals surface area contributed by atoms with Crippen LogP contribution in [0.1, 0.15) is 11.1 Å². The van der Waals surface area contributed by atoms with E-state index in [1.54, 1.807) is 7.11 Å². The van der Waals surface area contributed by atoms with Gasteiger partial charge in [-0.1, -0.05) is 40.2 Å². The average molecular weight is 306 g/mol. The Morgan fingerprint density at radius 3 is 2.67 bits per heavy atom. The van der Waals surface area contributed by atoms with Gasteiger partial charge in [0, 0.05) is 11.0 Å². The summed E-state index contributed by atoms with van der Waals surface area (Å²) in [4.78, 5) is 0. The second kappa shape index (κ2) is 5.91. The molecule has 0 aliphatic rings. The van der Waals surface area contributed by atoms with Crippen LogP contribution in [0.5, 0.6) is 5.75 Å². The number of aryl methyl sites for hydroxylation is 1. The van der Waals surface area contributed by atoms with E-state index in [0.717, 1.165) is 22.5 Å². The van der Waals surface area contributed by atoms with Crippen molar-refractivity contribution in [1.29, 1.82) is 0 Å². The summed E-state index contributed by atoms with van der Waals surface area (Å²) in [5.41, 5.74) is 3.58. The molecule has 0 radical (unpaired) electrons. The van der Waals surface area contributed by atoms with Gasteiger partial charge in [-0.05, 0) is 36.2 Å². The van der Waals surface area contributed by atoms with Crippen LogP contribution in [-0.2, 0) is 6.54 Å². The topological polar surface area (TPSA) is 21.3 Å². The Balaban J connectivity index is 2.15. The molecule has 0 aromatic heterocycles. The number of benzene rings is 2. The van der Waals surface area contributed by atoms with Crippen molar-refractivity contribution >= 4 is 21.6 Å². The van der Waals surface area contributed by atoms with E-state index in [1.807, 2.05) is 18.2 Å². The van der Waals surface area contributed by atoms with Crippen LogP contribution in [0.25, 0.3) is 0 Å². The van der Waals surface area contributed by atoms with Crippen molar-refractivity contribution in [1.82, 2.24) is 0 Å². The minimum Gasteiger partial charge on any atom is -0.495 e. The van der Waals surface area contributed by atoms with E-state index in [1.165, 1.54) is 11.1 Å². The molecular weight excluding hydrogens is 290 g/mol. The maximum Gasteiger partial charge on any atom is 0.142 e. The molecule has 0 aliphatic carbocycles. The zero-order valence-electron chi connectivity index (χ0n) is 10.5. The molecule has 0 saturated carbocycles. The van der Waals surface area contributed by atoms with Crippen LogP contribution < -0.4 is 10.1 Å². The Morgan fingerprint density at radius 1 is 1.17 bits per heavy atom. The van der Waals surface area contributed by atoms with Crippen LogP contribution in [0.2, 0.25) is 0 Å². The van der Waals surface area contributed by atoms with E-state index in [9.17, 15) is 0 Å². The third kappa shape index (κ3) is 3.05. The zero-order chi connectivity index (χ0) is 13.0. The van der Waals surface area contributed by atoms with E-state index in [-0.39, 0.29) is 0 Å². The van der Waals surface area contributed by atoms with Crippen LogP contribution in [0, 0.1) is 6.92 Å². The normalized spacial score (nSPS) is 10.2. The molecule has 0 heterocycles. The number of ether oxygens (including phenoxy) is 1. The monoisotopic (exact) mass is 305 g/mol. The van der Waals surface area contributed by atoms with Crippen molar-refractivity contribution in [2.75, 3.05) is 12.4 Å². The summed E-state index contributed by atoms with van der Waals surface area (Å²) in [5.74, 6) is 0.854. The molecule has 0 saturated heterocycles. The lowest BCUT2D eigenvalue weighted by Crippen LogP contribution is -2.02. The molecule has 0 unspecified atom stereocenters. The predicted octanol–water partition coefficient (Wildman–Crippen LogP) is 4.38. The van der Waals surface area contributed by atoms with Gasteiger partial charge in [-0.25, -0.2) is 0 Å². The highest BCUT2D eigenvalue weighted by Gasteiger charge is 2.04. The molecule has 0 bridgehead atoms. The predicted molar refractivity (Wildman–Crippen MR) is 79.2 cm³/mol. The van der Waals surface area contributed by atoms with Crippen molar-refractivity contribution in [2.45, 2.75) is 13.5 Å². The molecule has 18 heavy (non-hydrogen) atoms.